The van der Waals surface area contributed by atoms with Crippen molar-refractivity contribution in [3.05, 3.63) is 57.6 Å². The van der Waals surface area contributed by atoms with Crippen LogP contribution in [-0.2, 0) is 0 Å². The van der Waals surface area contributed by atoms with Crippen LogP contribution in [0.25, 0.3) is 0 Å². The monoisotopic (exact) mass is 502 g/mol. The molecule has 4 rings (SSSR count). The summed E-state index contributed by atoms with van der Waals surface area (Å²) in [6.07, 6.45) is 4.81. The van der Waals surface area contributed by atoms with Crippen LogP contribution in [0.4, 0.5) is 16.2 Å². The van der Waals surface area contributed by atoms with Crippen LogP contribution in [0, 0.1) is 10.1 Å². The van der Waals surface area contributed by atoms with Crippen molar-refractivity contribution in [2.24, 2.45) is 0 Å². The highest BCUT2D eigenvalue weighted by molar-refractivity contribution is 6.30. The fraction of sp³-hybridized carbons (Fsp3) is 0.480. The van der Waals surface area contributed by atoms with E-state index in [0.717, 1.165) is 31.4 Å². The lowest BCUT2D eigenvalue weighted by Crippen LogP contribution is -2.57. The average molecular weight is 503 g/mol. The van der Waals surface area contributed by atoms with Crippen LogP contribution in [0.5, 0.6) is 11.5 Å². The lowest BCUT2D eigenvalue weighted by atomic mass is 9.81. The summed E-state index contributed by atoms with van der Waals surface area (Å²) in [5.41, 5.74) is 0.702. The van der Waals surface area contributed by atoms with Gasteiger partial charge in [-0.3, -0.25) is 10.1 Å². The molecule has 9 nitrogen and oxygen atoms in total. The Bertz CT molecular complexity index is 1040. The molecule has 2 aromatic carbocycles. The third-order valence-electron chi connectivity index (χ3n) is 7.07. The summed E-state index contributed by atoms with van der Waals surface area (Å²) in [5.74, 6) is 0.950. The maximum atomic E-state index is 13.3. The van der Waals surface area contributed by atoms with Gasteiger partial charge in [0, 0.05) is 48.4 Å². The van der Waals surface area contributed by atoms with Crippen molar-refractivity contribution >= 4 is 29.1 Å². The van der Waals surface area contributed by atoms with Gasteiger partial charge in [0.05, 0.1) is 17.7 Å². The molecule has 2 heterocycles. The second kappa shape index (κ2) is 11.1. The van der Waals surface area contributed by atoms with Gasteiger partial charge in [-0.15, -0.1) is 0 Å². The van der Waals surface area contributed by atoms with Gasteiger partial charge < -0.3 is 24.6 Å². The number of non-ortho nitro benzene ring substituents is 1. The number of nitrogens with one attached hydrogen (secondary N) is 1. The van der Waals surface area contributed by atoms with Gasteiger partial charge in [-0.05, 0) is 63.1 Å². The Labute approximate surface area is 210 Å². The highest BCUT2D eigenvalue weighted by Gasteiger charge is 2.40. The molecule has 0 saturated carbocycles. The third-order valence-corrected chi connectivity index (χ3v) is 7.31. The van der Waals surface area contributed by atoms with E-state index in [1.807, 2.05) is 0 Å². The quantitative estimate of drug-likeness (QED) is 0.392. The minimum atomic E-state index is -0.481. The van der Waals surface area contributed by atoms with Crippen molar-refractivity contribution in [1.82, 2.24) is 9.80 Å². The van der Waals surface area contributed by atoms with Crippen molar-refractivity contribution in [2.75, 3.05) is 32.6 Å². The van der Waals surface area contributed by atoms with E-state index in [1.54, 1.807) is 30.2 Å². The van der Waals surface area contributed by atoms with Gasteiger partial charge in [0.15, 0.2) is 0 Å². The molecule has 35 heavy (non-hydrogen) atoms. The Hall–Kier alpha value is -3.04. The van der Waals surface area contributed by atoms with Crippen LogP contribution in [-0.4, -0.2) is 66.2 Å². The van der Waals surface area contributed by atoms with Gasteiger partial charge in [-0.1, -0.05) is 18.0 Å². The zero-order valence-electron chi connectivity index (χ0n) is 20.0. The number of anilines is 1. The second-order valence-corrected chi connectivity index (χ2v) is 9.55. The van der Waals surface area contributed by atoms with Crippen molar-refractivity contribution in [3.63, 3.8) is 0 Å². The minimum Gasteiger partial charge on any atom is -0.495 e. The molecule has 10 heteroatoms. The summed E-state index contributed by atoms with van der Waals surface area (Å²) < 4.78 is 11.1. The first-order chi connectivity index (χ1) is 16.9. The number of hydrogen-bond donors (Lipinski definition) is 1. The maximum absolute atomic E-state index is 13.3. The summed E-state index contributed by atoms with van der Waals surface area (Å²) in [7, 11) is 3.77. The number of nitro benzene ring substituents is 1. The van der Waals surface area contributed by atoms with Crippen molar-refractivity contribution in [2.45, 2.75) is 50.2 Å². The Morgan fingerprint density at radius 3 is 2.51 bits per heavy atom. The molecule has 2 aliphatic rings. The van der Waals surface area contributed by atoms with Crippen LogP contribution in [0.3, 0.4) is 0 Å². The maximum Gasteiger partial charge on any atom is 0.415 e. The normalized spacial score (nSPS) is 21.7. The molecule has 0 radical (unpaired) electrons. The molecule has 0 aliphatic carbocycles. The Morgan fingerprint density at radius 2 is 1.89 bits per heavy atom. The summed E-state index contributed by atoms with van der Waals surface area (Å²) >= 11 is 6.15. The molecule has 1 amide bonds. The van der Waals surface area contributed by atoms with E-state index in [2.05, 4.69) is 17.3 Å². The standard InChI is InChI=1S/C25H31ClN4O5/c1-28-19-4-3-5-20(28)16-21(15-19)29(13-12-27-23-14-17(26)6-11-24(23)34-2)25(31)35-22-9-7-18(8-10-22)30(32)33/h6-11,14,19-21,27H,3-5,12-13,15-16H2,1-2H3/t19-,20+,21?. The third kappa shape index (κ3) is 5.97. The van der Waals surface area contributed by atoms with Crippen LogP contribution < -0.4 is 14.8 Å². The first-order valence-corrected chi connectivity index (χ1v) is 12.3. The zero-order chi connectivity index (χ0) is 24.9. The van der Waals surface area contributed by atoms with Crippen molar-refractivity contribution in [3.8, 4) is 11.5 Å². The molecule has 0 spiro atoms. The topological polar surface area (TPSA) is 97.2 Å². The highest BCUT2D eigenvalue weighted by Crippen LogP contribution is 2.35. The van der Waals surface area contributed by atoms with E-state index in [0.29, 0.717) is 35.9 Å². The zero-order valence-corrected chi connectivity index (χ0v) is 20.7. The van der Waals surface area contributed by atoms with Crippen molar-refractivity contribution < 1.29 is 19.2 Å². The number of methoxy groups -OCH3 is 1. The van der Waals surface area contributed by atoms with Crippen LogP contribution in [0.1, 0.15) is 32.1 Å². The molecular weight excluding hydrogens is 472 g/mol. The summed E-state index contributed by atoms with van der Waals surface area (Å²) in [6.45, 7) is 0.906. The summed E-state index contributed by atoms with van der Waals surface area (Å²) in [4.78, 5) is 28.0. The number of nitro groups is 1. The predicted molar refractivity (Wildman–Crippen MR) is 135 cm³/mol. The smallest absolute Gasteiger partial charge is 0.415 e. The number of piperidine rings is 2. The van der Waals surface area contributed by atoms with E-state index in [4.69, 9.17) is 21.1 Å². The molecule has 2 aromatic rings. The summed E-state index contributed by atoms with van der Waals surface area (Å²) in [6, 6.07) is 11.9. The van der Waals surface area contributed by atoms with Crippen LogP contribution >= 0.6 is 11.6 Å². The number of halogens is 1. The first kappa shape index (κ1) is 25.1. The second-order valence-electron chi connectivity index (χ2n) is 9.11. The van der Waals surface area contributed by atoms with Gasteiger partial charge in [0.2, 0.25) is 0 Å². The van der Waals surface area contributed by atoms with Crippen molar-refractivity contribution in [1.29, 1.82) is 0 Å². The number of nitrogens with zero attached hydrogens (tertiary/aromatic N) is 3. The summed E-state index contributed by atoms with van der Waals surface area (Å²) in [5, 5.41) is 14.9. The van der Waals surface area contributed by atoms with E-state index in [-0.39, 0.29) is 17.5 Å². The lowest BCUT2D eigenvalue weighted by Gasteiger charge is -2.49. The number of carbonyl (C=O) groups is 1. The number of fused-ring (bicyclic) bond motifs is 2. The molecular formula is C25H31ClN4O5. The average Bonchev–Trinajstić information content (AvgIpc) is 2.82. The Balaban J connectivity index is 1.48. The van der Waals surface area contributed by atoms with E-state index < -0.39 is 11.0 Å². The van der Waals surface area contributed by atoms with E-state index in [9.17, 15) is 14.9 Å². The number of benzene rings is 2. The molecule has 2 saturated heterocycles. The first-order valence-electron chi connectivity index (χ1n) is 11.9. The van der Waals surface area contributed by atoms with Gasteiger partial charge in [-0.2, -0.15) is 0 Å². The molecule has 3 atom stereocenters. The number of amides is 1. The number of ether oxygens (including phenoxy) is 2. The molecule has 0 aromatic heterocycles. The molecule has 2 aliphatic heterocycles. The Kier molecular flexibility index (Phi) is 7.97. The van der Waals surface area contributed by atoms with E-state index in [1.165, 1.54) is 30.7 Å². The van der Waals surface area contributed by atoms with Gasteiger partial charge in [-0.25, -0.2) is 4.79 Å². The van der Waals surface area contributed by atoms with Gasteiger partial charge >= 0.3 is 6.09 Å². The fourth-order valence-electron chi connectivity index (χ4n) is 5.19. The lowest BCUT2D eigenvalue weighted by molar-refractivity contribution is -0.384. The largest absolute Gasteiger partial charge is 0.495 e. The van der Waals surface area contributed by atoms with Crippen LogP contribution in [0.15, 0.2) is 42.5 Å². The molecule has 1 unspecified atom stereocenters. The minimum absolute atomic E-state index is 0.0510. The molecule has 188 valence electrons. The SMILES string of the molecule is COc1ccc(Cl)cc1NCCN(C(=O)Oc1ccc([N+](=O)[O-])cc1)C1C[C@H]2CCC[C@@H](C1)N2C. The highest BCUT2D eigenvalue weighted by atomic mass is 35.5. The predicted octanol–water partition coefficient (Wildman–Crippen LogP) is 5.19. The molecule has 2 fully saturated rings. The van der Waals surface area contributed by atoms with Gasteiger partial charge in [0.1, 0.15) is 11.5 Å². The number of carbonyl (C=O) groups excluding carboxylic acids is 1. The molecule has 2 bridgehead atoms. The van der Waals surface area contributed by atoms with E-state index >= 15 is 0 Å². The van der Waals surface area contributed by atoms with Gasteiger partial charge in [0.25, 0.3) is 5.69 Å². The van der Waals surface area contributed by atoms with Crippen LogP contribution in [0.2, 0.25) is 5.02 Å². The Morgan fingerprint density at radius 1 is 1.20 bits per heavy atom. The number of rotatable bonds is 8. The fourth-order valence-corrected chi connectivity index (χ4v) is 5.36. The molecule has 1 N–H and O–H groups in total. The number of hydrogen-bond acceptors (Lipinski definition) is 7.